The van der Waals surface area contributed by atoms with Crippen molar-refractivity contribution in [3.8, 4) is 11.1 Å². The SMILES string of the molecule is C/C(=C\c1ccccc1C)C(=N)/N=C(\N=C\c1ccc2ccccc2c1)c1ccc(-c2cccc3cccnc23)cc1. The zero-order chi connectivity index (χ0) is 28.9. The van der Waals surface area contributed by atoms with Crippen LogP contribution in [0.3, 0.4) is 0 Å². The maximum Gasteiger partial charge on any atom is 0.161 e. The minimum Gasteiger partial charge on any atom is -0.283 e. The fourth-order valence-corrected chi connectivity index (χ4v) is 4.97. The molecule has 0 amide bonds. The number of rotatable bonds is 5. The zero-order valence-corrected chi connectivity index (χ0v) is 23.6. The number of fused-ring (bicyclic) bond motifs is 2. The second-order valence-corrected chi connectivity index (χ2v) is 10.3. The number of pyridine rings is 1. The molecule has 1 aromatic heterocycles. The quantitative estimate of drug-likeness (QED) is 0.171. The molecule has 0 aliphatic rings. The monoisotopic (exact) mass is 542 g/mol. The highest BCUT2D eigenvalue weighted by atomic mass is 14.9. The Morgan fingerprint density at radius 2 is 1.48 bits per heavy atom. The van der Waals surface area contributed by atoms with Gasteiger partial charge in [-0.3, -0.25) is 10.4 Å². The number of hydrogen-bond donors (Lipinski definition) is 1. The Labute approximate surface area is 246 Å². The van der Waals surface area contributed by atoms with Crippen LogP contribution in [0.5, 0.6) is 0 Å². The van der Waals surface area contributed by atoms with Crippen molar-refractivity contribution in [3.63, 3.8) is 0 Å². The molecular weight excluding hydrogens is 512 g/mol. The van der Waals surface area contributed by atoms with Crippen LogP contribution in [0.25, 0.3) is 38.9 Å². The molecule has 4 nitrogen and oxygen atoms in total. The van der Waals surface area contributed by atoms with Crippen LogP contribution in [0.4, 0.5) is 0 Å². The Hall–Kier alpha value is -5.48. The third-order valence-electron chi connectivity index (χ3n) is 7.35. The van der Waals surface area contributed by atoms with Crippen molar-refractivity contribution in [2.24, 2.45) is 9.98 Å². The average molecular weight is 543 g/mol. The molecule has 0 aliphatic heterocycles. The van der Waals surface area contributed by atoms with Crippen LogP contribution < -0.4 is 0 Å². The summed E-state index contributed by atoms with van der Waals surface area (Å²) >= 11 is 0. The third-order valence-corrected chi connectivity index (χ3v) is 7.35. The maximum atomic E-state index is 8.81. The fourth-order valence-electron chi connectivity index (χ4n) is 4.97. The molecule has 4 heteroatoms. The number of benzene rings is 5. The molecule has 0 unspecified atom stereocenters. The largest absolute Gasteiger partial charge is 0.283 e. The van der Waals surface area contributed by atoms with Crippen LogP contribution in [0.15, 0.2) is 143 Å². The van der Waals surface area contributed by atoms with Gasteiger partial charge in [0.05, 0.1) is 5.52 Å². The number of hydrogen-bond acceptors (Lipinski definition) is 2. The van der Waals surface area contributed by atoms with Gasteiger partial charge in [0.25, 0.3) is 0 Å². The van der Waals surface area contributed by atoms with Gasteiger partial charge in [-0.25, -0.2) is 9.98 Å². The highest BCUT2D eigenvalue weighted by Gasteiger charge is 2.09. The maximum absolute atomic E-state index is 8.81. The van der Waals surface area contributed by atoms with Gasteiger partial charge in [0.15, 0.2) is 5.84 Å². The van der Waals surface area contributed by atoms with Crippen LogP contribution in [0.1, 0.15) is 29.2 Å². The van der Waals surface area contributed by atoms with Gasteiger partial charge in [-0.1, -0.05) is 109 Å². The summed E-state index contributed by atoms with van der Waals surface area (Å²) in [6.07, 6.45) is 5.65. The highest BCUT2D eigenvalue weighted by molar-refractivity contribution is 6.14. The van der Waals surface area contributed by atoms with E-state index < -0.39 is 0 Å². The molecule has 0 atom stereocenters. The van der Waals surface area contributed by atoms with E-state index in [-0.39, 0.29) is 5.84 Å². The molecule has 0 bridgehead atoms. The van der Waals surface area contributed by atoms with E-state index in [1.165, 1.54) is 5.39 Å². The zero-order valence-electron chi connectivity index (χ0n) is 23.6. The van der Waals surface area contributed by atoms with Gasteiger partial charge in [0, 0.05) is 28.9 Å². The molecule has 5 aromatic carbocycles. The summed E-state index contributed by atoms with van der Waals surface area (Å²) < 4.78 is 0. The first kappa shape index (κ1) is 26.7. The molecular formula is C38H30N4. The van der Waals surface area contributed by atoms with Gasteiger partial charge < -0.3 is 0 Å². The summed E-state index contributed by atoms with van der Waals surface area (Å²) in [7, 11) is 0. The Morgan fingerprint density at radius 3 is 2.31 bits per heavy atom. The number of nitrogens with one attached hydrogen (secondary N) is 1. The van der Waals surface area contributed by atoms with Crippen LogP contribution in [-0.2, 0) is 0 Å². The smallest absolute Gasteiger partial charge is 0.161 e. The normalized spacial score (nSPS) is 12.3. The van der Waals surface area contributed by atoms with Gasteiger partial charge in [-0.05, 0) is 70.7 Å². The van der Waals surface area contributed by atoms with Gasteiger partial charge in [-0.2, -0.15) is 0 Å². The number of aryl methyl sites for hydroxylation is 1. The summed E-state index contributed by atoms with van der Waals surface area (Å²) in [6.45, 7) is 3.98. The number of aromatic nitrogens is 1. The van der Waals surface area contributed by atoms with Crippen LogP contribution in [0, 0.1) is 12.3 Å². The van der Waals surface area contributed by atoms with Crippen molar-refractivity contribution < 1.29 is 0 Å². The molecule has 0 saturated carbocycles. The molecule has 6 aromatic rings. The van der Waals surface area contributed by atoms with Gasteiger partial charge in [0.1, 0.15) is 5.84 Å². The molecule has 202 valence electrons. The van der Waals surface area contributed by atoms with Gasteiger partial charge in [-0.15, -0.1) is 0 Å². The minimum absolute atomic E-state index is 0.172. The van der Waals surface area contributed by atoms with Crippen molar-refractivity contribution in [3.05, 3.63) is 155 Å². The average Bonchev–Trinajstić information content (AvgIpc) is 3.03. The first-order chi connectivity index (χ1) is 20.5. The van der Waals surface area contributed by atoms with Crippen LogP contribution in [-0.4, -0.2) is 22.9 Å². The van der Waals surface area contributed by atoms with E-state index in [2.05, 4.69) is 90.8 Å². The number of para-hydroxylation sites is 1. The lowest BCUT2D eigenvalue weighted by Crippen LogP contribution is -2.04. The molecule has 0 fully saturated rings. The van der Waals surface area contributed by atoms with Crippen molar-refractivity contribution in [1.82, 2.24) is 4.98 Å². The van der Waals surface area contributed by atoms with Crippen molar-refractivity contribution in [2.45, 2.75) is 13.8 Å². The van der Waals surface area contributed by atoms with Crippen molar-refractivity contribution >= 4 is 45.6 Å². The fraction of sp³-hybridized carbons (Fsp3) is 0.0526. The van der Waals surface area contributed by atoms with E-state index in [4.69, 9.17) is 15.4 Å². The molecule has 1 heterocycles. The summed E-state index contributed by atoms with van der Waals surface area (Å²) in [5.41, 5.74) is 7.90. The van der Waals surface area contributed by atoms with Gasteiger partial charge in [0.2, 0.25) is 0 Å². The van der Waals surface area contributed by atoms with E-state index in [1.807, 2.05) is 67.9 Å². The predicted octanol–water partition coefficient (Wildman–Crippen LogP) is 9.31. The molecule has 0 saturated heterocycles. The van der Waals surface area contributed by atoms with E-state index in [0.29, 0.717) is 5.84 Å². The third kappa shape index (κ3) is 5.84. The molecule has 42 heavy (non-hydrogen) atoms. The lowest BCUT2D eigenvalue weighted by molar-refractivity contribution is 1.37. The summed E-state index contributed by atoms with van der Waals surface area (Å²) in [5.74, 6) is 0.652. The molecule has 0 aliphatic carbocycles. The van der Waals surface area contributed by atoms with Gasteiger partial charge >= 0.3 is 0 Å². The first-order valence-corrected chi connectivity index (χ1v) is 13.9. The Bertz CT molecular complexity index is 2010. The summed E-state index contributed by atoms with van der Waals surface area (Å²) in [4.78, 5) is 14.2. The van der Waals surface area contributed by atoms with E-state index in [1.54, 1.807) is 0 Å². The Balaban J connectivity index is 1.37. The molecule has 1 N–H and O–H groups in total. The molecule has 0 spiro atoms. The minimum atomic E-state index is 0.172. The summed E-state index contributed by atoms with van der Waals surface area (Å²) in [6, 6.07) is 41.1. The summed E-state index contributed by atoms with van der Waals surface area (Å²) in [5, 5.41) is 12.2. The van der Waals surface area contributed by atoms with E-state index in [0.717, 1.165) is 55.2 Å². The van der Waals surface area contributed by atoms with E-state index >= 15 is 0 Å². The number of amidine groups is 2. The number of aliphatic imine (C=N–C) groups is 2. The highest BCUT2D eigenvalue weighted by Crippen LogP contribution is 2.27. The standard InChI is InChI=1S/C38H30N4/c1-26-9-3-4-11-33(26)23-27(2)37(39)42-38(41-25-28-16-17-29-10-5-6-12-34(29)24-28)32-20-18-30(19-21-32)35-15-7-13-31-14-8-22-40-36(31)35/h3-25,39H,1-2H3/b27-23+,39-37?,41-25+,42-38-. The second kappa shape index (κ2) is 11.9. The lowest BCUT2D eigenvalue weighted by Gasteiger charge is -2.08. The van der Waals surface area contributed by atoms with Crippen molar-refractivity contribution in [1.29, 1.82) is 5.41 Å². The lowest BCUT2D eigenvalue weighted by atomic mass is 10.0. The Kier molecular flexibility index (Phi) is 7.60. The number of nitrogens with zero attached hydrogens (tertiary/aromatic N) is 3. The van der Waals surface area contributed by atoms with E-state index in [9.17, 15) is 0 Å². The van der Waals surface area contributed by atoms with Crippen LogP contribution >= 0.6 is 0 Å². The second-order valence-electron chi connectivity index (χ2n) is 10.3. The topological polar surface area (TPSA) is 61.5 Å². The predicted molar refractivity (Wildman–Crippen MR) is 178 cm³/mol. The van der Waals surface area contributed by atoms with Crippen LogP contribution in [0.2, 0.25) is 0 Å². The molecule has 6 rings (SSSR count). The Morgan fingerprint density at radius 1 is 0.738 bits per heavy atom. The molecule has 0 radical (unpaired) electrons. The van der Waals surface area contributed by atoms with Crippen molar-refractivity contribution in [2.75, 3.05) is 0 Å². The first-order valence-electron chi connectivity index (χ1n) is 13.9.